The number of rotatable bonds is 4. The minimum Gasteiger partial charge on any atom is -0.339 e. The summed E-state index contributed by atoms with van der Waals surface area (Å²) < 4.78 is 0. The van der Waals surface area contributed by atoms with Gasteiger partial charge in [-0.2, -0.15) is 0 Å². The Morgan fingerprint density at radius 3 is 2.53 bits per heavy atom. The van der Waals surface area contributed by atoms with Crippen molar-refractivity contribution in [1.82, 2.24) is 10.2 Å². The van der Waals surface area contributed by atoms with Gasteiger partial charge < -0.3 is 10.2 Å². The van der Waals surface area contributed by atoms with Crippen molar-refractivity contribution in [3.63, 3.8) is 0 Å². The molecule has 19 heavy (non-hydrogen) atoms. The fourth-order valence-electron chi connectivity index (χ4n) is 2.55. The van der Waals surface area contributed by atoms with Gasteiger partial charge in [-0.15, -0.1) is 0 Å². The molecule has 1 aliphatic heterocycles. The number of carbonyl (C=O) groups is 1. The maximum atomic E-state index is 12.3. The van der Waals surface area contributed by atoms with E-state index in [1.54, 1.807) is 24.3 Å². The Balaban J connectivity index is 1.87. The molecule has 1 fully saturated rings. The first kappa shape index (κ1) is 14.4. The average molecular weight is 281 g/mol. The van der Waals surface area contributed by atoms with Crippen molar-refractivity contribution in [3.8, 4) is 0 Å². The number of nitrogens with one attached hydrogen (secondary N) is 1. The molecule has 0 aromatic heterocycles. The number of halogens is 1. The van der Waals surface area contributed by atoms with Crippen molar-refractivity contribution < 1.29 is 4.79 Å². The Kier molecular flexibility index (Phi) is 5.23. The Morgan fingerprint density at radius 2 is 1.95 bits per heavy atom. The van der Waals surface area contributed by atoms with E-state index in [0.717, 1.165) is 44.0 Å². The number of benzene rings is 1. The molecule has 1 aromatic rings. The normalized spacial score (nSPS) is 16.6. The molecule has 1 aromatic carbocycles. The minimum atomic E-state index is 0.128. The number of piperidine rings is 1. The molecule has 1 heterocycles. The summed E-state index contributed by atoms with van der Waals surface area (Å²) >= 11 is 5.84. The summed E-state index contributed by atoms with van der Waals surface area (Å²) in [6, 6.07) is 7.15. The highest BCUT2D eigenvalue weighted by atomic mass is 35.5. The third-order valence-corrected chi connectivity index (χ3v) is 4.05. The second-order valence-corrected chi connectivity index (χ2v) is 5.57. The van der Waals surface area contributed by atoms with Crippen LogP contribution in [0, 0.1) is 5.92 Å². The van der Waals surface area contributed by atoms with Gasteiger partial charge in [-0.05, 0) is 63.0 Å². The molecule has 1 saturated heterocycles. The van der Waals surface area contributed by atoms with Crippen molar-refractivity contribution in [1.29, 1.82) is 0 Å². The Hall–Kier alpha value is -1.06. The standard InChI is InChI=1S/C15H21ClN2O/c1-17-9-6-12-7-10-18(11-8-12)15(19)13-2-4-14(16)5-3-13/h2-5,12,17H,6-11H2,1H3. The second-order valence-electron chi connectivity index (χ2n) is 5.13. The molecule has 0 unspecified atom stereocenters. The highest BCUT2D eigenvalue weighted by Crippen LogP contribution is 2.21. The first-order chi connectivity index (χ1) is 9.20. The van der Waals surface area contributed by atoms with Crippen molar-refractivity contribution in [2.75, 3.05) is 26.7 Å². The lowest BCUT2D eigenvalue weighted by Gasteiger charge is -2.32. The summed E-state index contributed by atoms with van der Waals surface area (Å²) in [7, 11) is 1.99. The highest BCUT2D eigenvalue weighted by Gasteiger charge is 2.23. The van der Waals surface area contributed by atoms with E-state index >= 15 is 0 Å². The minimum absolute atomic E-state index is 0.128. The third-order valence-electron chi connectivity index (χ3n) is 3.80. The molecule has 0 aliphatic carbocycles. The molecule has 1 N–H and O–H groups in total. The number of hydrogen-bond donors (Lipinski definition) is 1. The lowest BCUT2D eigenvalue weighted by molar-refractivity contribution is 0.0687. The predicted octanol–water partition coefficient (Wildman–Crippen LogP) is 2.80. The maximum Gasteiger partial charge on any atom is 0.253 e. The summed E-state index contributed by atoms with van der Waals surface area (Å²) in [5, 5.41) is 3.86. The van der Waals surface area contributed by atoms with Crippen LogP contribution in [-0.2, 0) is 0 Å². The van der Waals surface area contributed by atoms with Crippen LogP contribution in [0.2, 0.25) is 5.02 Å². The summed E-state index contributed by atoms with van der Waals surface area (Å²) in [5.41, 5.74) is 0.734. The molecule has 1 aliphatic rings. The number of likely N-dealkylation sites (tertiary alicyclic amines) is 1. The monoisotopic (exact) mass is 280 g/mol. The fraction of sp³-hybridized carbons (Fsp3) is 0.533. The average Bonchev–Trinajstić information content (AvgIpc) is 2.46. The fourth-order valence-corrected chi connectivity index (χ4v) is 2.67. The van der Waals surface area contributed by atoms with Crippen molar-refractivity contribution >= 4 is 17.5 Å². The van der Waals surface area contributed by atoms with Gasteiger partial charge in [-0.3, -0.25) is 4.79 Å². The van der Waals surface area contributed by atoms with Crippen molar-refractivity contribution in [2.45, 2.75) is 19.3 Å². The predicted molar refractivity (Wildman–Crippen MR) is 78.6 cm³/mol. The summed E-state index contributed by atoms with van der Waals surface area (Å²) in [4.78, 5) is 14.3. The van der Waals surface area contributed by atoms with E-state index in [1.165, 1.54) is 6.42 Å². The Labute approximate surface area is 119 Å². The van der Waals surface area contributed by atoms with Gasteiger partial charge in [0, 0.05) is 23.7 Å². The van der Waals surface area contributed by atoms with Gasteiger partial charge in [0.25, 0.3) is 5.91 Å². The number of hydrogen-bond acceptors (Lipinski definition) is 2. The van der Waals surface area contributed by atoms with Crippen LogP contribution in [-0.4, -0.2) is 37.5 Å². The van der Waals surface area contributed by atoms with E-state index < -0.39 is 0 Å². The zero-order chi connectivity index (χ0) is 13.7. The first-order valence-corrected chi connectivity index (χ1v) is 7.28. The zero-order valence-corrected chi connectivity index (χ0v) is 12.1. The summed E-state index contributed by atoms with van der Waals surface area (Å²) in [6.45, 7) is 2.81. The van der Waals surface area contributed by atoms with Crippen LogP contribution >= 0.6 is 11.6 Å². The van der Waals surface area contributed by atoms with E-state index in [2.05, 4.69) is 5.32 Å². The molecule has 0 atom stereocenters. The molecular weight excluding hydrogens is 260 g/mol. The first-order valence-electron chi connectivity index (χ1n) is 6.90. The Morgan fingerprint density at radius 1 is 1.32 bits per heavy atom. The van der Waals surface area contributed by atoms with Gasteiger partial charge in [0.15, 0.2) is 0 Å². The summed E-state index contributed by atoms with van der Waals surface area (Å²) in [5.74, 6) is 0.880. The lowest BCUT2D eigenvalue weighted by Crippen LogP contribution is -2.38. The molecule has 0 spiro atoms. The third kappa shape index (κ3) is 3.95. The molecule has 1 amide bonds. The van der Waals surface area contributed by atoms with Gasteiger partial charge in [-0.1, -0.05) is 11.6 Å². The van der Waals surface area contributed by atoms with Crippen LogP contribution in [0.3, 0.4) is 0 Å². The van der Waals surface area contributed by atoms with Crippen LogP contribution < -0.4 is 5.32 Å². The number of carbonyl (C=O) groups excluding carboxylic acids is 1. The van der Waals surface area contributed by atoms with Crippen LogP contribution in [0.15, 0.2) is 24.3 Å². The van der Waals surface area contributed by atoms with Crippen LogP contribution in [0.25, 0.3) is 0 Å². The van der Waals surface area contributed by atoms with Crippen molar-refractivity contribution in [3.05, 3.63) is 34.9 Å². The van der Waals surface area contributed by atoms with Crippen LogP contribution in [0.1, 0.15) is 29.6 Å². The largest absolute Gasteiger partial charge is 0.339 e. The quantitative estimate of drug-likeness (QED) is 0.920. The second kappa shape index (κ2) is 6.92. The molecule has 0 radical (unpaired) electrons. The van der Waals surface area contributed by atoms with E-state index in [-0.39, 0.29) is 5.91 Å². The van der Waals surface area contributed by atoms with Gasteiger partial charge in [0.05, 0.1) is 0 Å². The van der Waals surface area contributed by atoms with E-state index in [9.17, 15) is 4.79 Å². The SMILES string of the molecule is CNCCC1CCN(C(=O)c2ccc(Cl)cc2)CC1. The molecule has 3 nitrogen and oxygen atoms in total. The molecular formula is C15H21ClN2O. The smallest absolute Gasteiger partial charge is 0.253 e. The zero-order valence-electron chi connectivity index (χ0n) is 11.4. The van der Waals surface area contributed by atoms with Crippen LogP contribution in [0.5, 0.6) is 0 Å². The topological polar surface area (TPSA) is 32.3 Å². The molecule has 0 saturated carbocycles. The van der Waals surface area contributed by atoms with Gasteiger partial charge in [0.1, 0.15) is 0 Å². The number of nitrogens with zero attached hydrogens (tertiary/aromatic N) is 1. The molecule has 0 bridgehead atoms. The lowest BCUT2D eigenvalue weighted by atomic mass is 9.93. The van der Waals surface area contributed by atoms with Gasteiger partial charge in [0.2, 0.25) is 0 Å². The molecule has 4 heteroatoms. The van der Waals surface area contributed by atoms with Crippen molar-refractivity contribution in [2.24, 2.45) is 5.92 Å². The van der Waals surface area contributed by atoms with Gasteiger partial charge >= 0.3 is 0 Å². The molecule has 104 valence electrons. The molecule has 2 rings (SSSR count). The van der Waals surface area contributed by atoms with E-state index in [1.807, 2.05) is 11.9 Å². The Bertz CT molecular complexity index is 411. The summed E-state index contributed by atoms with van der Waals surface area (Å²) in [6.07, 6.45) is 3.43. The van der Waals surface area contributed by atoms with E-state index in [4.69, 9.17) is 11.6 Å². The number of amides is 1. The van der Waals surface area contributed by atoms with Crippen LogP contribution in [0.4, 0.5) is 0 Å². The highest BCUT2D eigenvalue weighted by molar-refractivity contribution is 6.30. The van der Waals surface area contributed by atoms with Gasteiger partial charge in [-0.25, -0.2) is 0 Å². The van der Waals surface area contributed by atoms with E-state index in [0.29, 0.717) is 5.02 Å². The maximum absolute atomic E-state index is 12.3.